The third-order valence-corrected chi connectivity index (χ3v) is 2.47. The molecule has 0 radical (unpaired) electrons. The Morgan fingerprint density at radius 2 is 1.39 bits per heavy atom. The number of amides is 1. The van der Waals surface area contributed by atoms with Crippen LogP contribution in [0.15, 0.2) is 60.7 Å². The number of rotatable bonds is 4. The fourth-order valence-electron chi connectivity index (χ4n) is 1.69. The fourth-order valence-corrected chi connectivity index (χ4v) is 1.69. The van der Waals surface area contributed by atoms with Crippen LogP contribution in [-0.2, 0) is 4.84 Å². The molecule has 0 atom stereocenters. The molecule has 0 aliphatic rings. The third-order valence-electron chi connectivity index (χ3n) is 2.47. The molecule has 0 saturated carbocycles. The van der Waals surface area contributed by atoms with Crippen LogP contribution in [0.25, 0.3) is 0 Å². The molecule has 2 rings (SSSR count). The normalized spacial score (nSPS) is 10.3. The molecule has 4 heteroatoms. The van der Waals surface area contributed by atoms with Gasteiger partial charge in [-0.3, -0.25) is 4.84 Å². The highest BCUT2D eigenvalue weighted by atomic mass is 16.7. The molecule has 0 spiro atoms. The van der Waals surface area contributed by atoms with Crippen LogP contribution in [0.4, 0.5) is 4.79 Å². The Labute approximate surface area is 105 Å². The van der Waals surface area contributed by atoms with E-state index >= 15 is 0 Å². The van der Waals surface area contributed by atoms with Crippen LogP contribution in [0.1, 0.15) is 17.2 Å². The van der Waals surface area contributed by atoms with E-state index in [4.69, 9.17) is 9.94 Å². The maximum atomic E-state index is 10.5. The average Bonchev–Trinajstić information content (AvgIpc) is 2.41. The molecule has 0 aliphatic carbocycles. The van der Waals surface area contributed by atoms with Crippen LogP contribution in [-0.4, -0.2) is 11.2 Å². The lowest BCUT2D eigenvalue weighted by Crippen LogP contribution is -2.24. The number of hydroxylamine groups is 1. The van der Waals surface area contributed by atoms with E-state index in [1.54, 1.807) is 0 Å². The zero-order valence-electron chi connectivity index (χ0n) is 9.61. The largest absolute Gasteiger partial charge is 0.464 e. The minimum atomic E-state index is -1.22. The van der Waals surface area contributed by atoms with Gasteiger partial charge < -0.3 is 5.11 Å². The molecular weight excluding hydrogens is 230 g/mol. The number of carbonyl (C=O) groups is 1. The molecule has 2 N–H and O–H groups in total. The zero-order valence-corrected chi connectivity index (χ0v) is 9.61. The minimum absolute atomic E-state index is 0.455. The number of hydrogen-bond acceptors (Lipinski definition) is 2. The molecule has 2 aromatic rings. The van der Waals surface area contributed by atoms with Gasteiger partial charge in [0.25, 0.3) is 0 Å². The second kappa shape index (κ2) is 5.84. The number of nitrogens with one attached hydrogen (secondary N) is 1. The van der Waals surface area contributed by atoms with E-state index in [0.29, 0.717) is 0 Å². The first-order valence-corrected chi connectivity index (χ1v) is 5.52. The maximum absolute atomic E-state index is 10.5. The summed E-state index contributed by atoms with van der Waals surface area (Å²) in [6, 6.07) is 18.9. The summed E-state index contributed by atoms with van der Waals surface area (Å²) in [6.45, 7) is 0. The molecule has 1 amide bonds. The summed E-state index contributed by atoms with van der Waals surface area (Å²) in [5.41, 5.74) is 3.73. The molecule has 0 saturated heterocycles. The Hall–Kier alpha value is -2.33. The lowest BCUT2D eigenvalue weighted by atomic mass is 10.0. The van der Waals surface area contributed by atoms with Crippen molar-refractivity contribution in [2.45, 2.75) is 6.10 Å². The molecule has 18 heavy (non-hydrogen) atoms. The Balaban J connectivity index is 2.26. The lowest BCUT2D eigenvalue weighted by molar-refractivity contribution is 0.00277. The summed E-state index contributed by atoms with van der Waals surface area (Å²) < 4.78 is 0. The second-order valence-electron chi connectivity index (χ2n) is 3.73. The van der Waals surface area contributed by atoms with Gasteiger partial charge in [-0.25, -0.2) is 4.79 Å². The molecular formula is C14H13NO3. The van der Waals surface area contributed by atoms with Gasteiger partial charge in [-0.2, -0.15) is 5.48 Å². The molecule has 0 aliphatic heterocycles. The fraction of sp³-hybridized carbons (Fsp3) is 0.0714. The van der Waals surface area contributed by atoms with Crippen LogP contribution in [0.5, 0.6) is 0 Å². The zero-order chi connectivity index (χ0) is 12.8. The second-order valence-corrected chi connectivity index (χ2v) is 3.73. The molecule has 0 aromatic heterocycles. The first-order chi connectivity index (χ1) is 8.77. The summed E-state index contributed by atoms with van der Waals surface area (Å²) in [5.74, 6) is 0. The van der Waals surface area contributed by atoms with Gasteiger partial charge in [0.1, 0.15) is 6.10 Å². The van der Waals surface area contributed by atoms with E-state index in [-0.39, 0.29) is 0 Å². The molecule has 2 aromatic carbocycles. The van der Waals surface area contributed by atoms with Crippen LogP contribution in [0, 0.1) is 0 Å². The molecule has 0 heterocycles. The van der Waals surface area contributed by atoms with Gasteiger partial charge in [0.15, 0.2) is 0 Å². The molecule has 0 fully saturated rings. The average molecular weight is 243 g/mol. The first-order valence-electron chi connectivity index (χ1n) is 5.52. The molecule has 0 unspecified atom stereocenters. The highest BCUT2D eigenvalue weighted by molar-refractivity contribution is 5.62. The van der Waals surface area contributed by atoms with Crippen molar-refractivity contribution in [2.24, 2.45) is 0 Å². The van der Waals surface area contributed by atoms with Crippen LogP contribution in [0.3, 0.4) is 0 Å². The van der Waals surface area contributed by atoms with Crippen molar-refractivity contribution in [3.8, 4) is 0 Å². The van der Waals surface area contributed by atoms with Crippen LogP contribution in [0.2, 0.25) is 0 Å². The van der Waals surface area contributed by atoms with E-state index in [1.807, 2.05) is 66.1 Å². The quantitative estimate of drug-likeness (QED) is 0.811. The third kappa shape index (κ3) is 3.09. The van der Waals surface area contributed by atoms with Crippen molar-refractivity contribution < 1.29 is 14.7 Å². The molecule has 92 valence electrons. The topological polar surface area (TPSA) is 58.6 Å². The van der Waals surface area contributed by atoms with Crippen molar-refractivity contribution in [1.82, 2.24) is 5.48 Å². The van der Waals surface area contributed by atoms with Crippen molar-refractivity contribution in [2.75, 3.05) is 0 Å². The van der Waals surface area contributed by atoms with Gasteiger partial charge in [0, 0.05) is 0 Å². The lowest BCUT2D eigenvalue weighted by Gasteiger charge is -2.17. The van der Waals surface area contributed by atoms with E-state index in [1.165, 1.54) is 0 Å². The monoisotopic (exact) mass is 243 g/mol. The smallest absolute Gasteiger partial charge is 0.428 e. The van der Waals surface area contributed by atoms with Gasteiger partial charge in [-0.15, -0.1) is 0 Å². The number of carboxylic acid groups (broad SMARTS) is 1. The van der Waals surface area contributed by atoms with Gasteiger partial charge in [0.05, 0.1) is 0 Å². The first kappa shape index (κ1) is 12.1. The maximum Gasteiger partial charge on any atom is 0.428 e. The van der Waals surface area contributed by atoms with E-state index < -0.39 is 12.2 Å². The van der Waals surface area contributed by atoms with Crippen molar-refractivity contribution in [1.29, 1.82) is 0 Å². The van der Waals surface area contributed by atoms with Crippen molar-refractivity contribution >= 4 is 6.09 Å². The van der Waals surface area contributed by atoms with Crippen molar-refractivity contribution in [3.05, 3.63) is 71.8 Å². The summed E-state index contributed by atoms with van der Waals surface area (Å²) in [7, 11) is 0. The highest BCUT2D eigenvalue weighted by Gasteiger charge is 2.15. The Morgan fingerprint density at radius 1 is 0.944 bits per heavy atom. The Kier molecular flexibility index (Phi) is 3.94. The Bertz CT molecular complexity index is 459. The van der Waals surface area contributed by atoms with E-state index in [9.17, 15) is 4.79 Å². The summed E-state index contributed by atoms with van der Waals surface area (Å²) >= 11 is 0. The van der Waals surface area contributed by atoms with E-state index in [2.05, 4.69) is 0 Å². The van der Waals surface area contributed by atoms with Crippen molar-refractivity contribution in [3.63, 3.8) is 0 Å². The molecule has 0 bridgehead atoms. The number of hydrogen-bond donors (Lipinski definition) is 2. The summed E-state index contributed by atoms with van der Waals surface area (Å²) in [5, 5.41) is 8.62. The Morgan fingerprint density at radius 3 is 1.78 bits per heavy atom. The minimum Gasteiger partial charge on any atom is -0.464 e. The summed E-state index contributed by atoms with van der Waals surface area (Å²) in [4.78, 5) is 15.8. The summed E-state index contributed by atoms with van der Waals surface area (Å²) in [6.07, 6.45) is -1.67. The van der Waals surface area contributed by atoms with Crippen LogP contribution >= 0.6 is 0 Å². The van der Waals surface area contributed by atoms with Gasteiger partial charge in [0.2, 0.25) is 0 Å². The predicted octanol–water partition coefficient (Wildman–Crippen LogP) is 2.98. The van der Waals surface area contributed by atoms with Gasteiger partial charge >= 0.3 is 6.09 Å². The molecule has 4 nitrogen and oxygen atoms in total. The van der Waals surface area contributed by atoms with Gasteiger partial charge in [-0.05, 0) is 11.1 Å². The predicted molar refractivity (Wildman–Crippen MR) is 67.0 cm³/mol. The van der Waals surface area contributed by atoms with E-state index in [0.717, 1.165) is 11.1 Å². The van der Waals surface area contributed by atoms with Gasteiger partial charge in [-0.1, -0.05) is 60.7 Å². The number of benzene rings is 2. The van der Waals surface area contributed by atoms with Crippen LogP contribution < -0.4 is 5.48 Å². The SMILES string of the molecule is O=C(O)NOC(c1ccccc1)c1ccccc1. The highest BCUT2D eigenvalue weighted by Crippen LogP contribution is 2.24. The standard InChI is InChI=1S/C14H13NO3/c16-14(17)15-18-13(11-7-3-1-4-8-11)12-9-5-2-6-10-12/h1-10,13,15H,(H,16,17).